The van der Waals surface area contributed by atoms with Gasteiger partial charge >= 0.3 is 0 Å². The van der Waals surface area contributed by atoms with Crippen molar-refractivity contribution in [3.05, 3.63) is 52.5 Å². The van der Waals surface area contributed by atoms with Gasteiger partial charge in [-0.2, -0.15) is 0 Å². The van der Waals surface area contributed by atoms with Gasteiger partial charge in [-0.05, 0) is 23.3 Å². The first-order chi connectivity index (χ1) is 7.70. The normalized spacial score (nSPS) is 17.0. The molecule has 3 heteroatoms. The van der Waals surface area contributed by atoms with Crippen molar-refractivity contribution in [1.29, 1.82) is 0 Å². The number of benzene rings is 2. The zero-order valence-corrected chi connectivity index (χ0v) is 9.20. The summed E-state index contributed by atoms with van der Waals surface area (Å²) in [6.07, 6.45) is 0. The molecule has 2 nitrogen and oxygen atoms in total. The predicted molar refractivity (Wildman–Crippen MR) is 64.6 cm³/mol. The molecular formula is C13H10ClNO. The Balaban J connectivity index is 2.43. The van der Waals surface area contributed by atoms with Gasteiger partial charge in [0.15, 0.2) is 0 Å². The molecule has 3 N–H and O–H groups in total. The van der Waals surface area contributed by atoms with Crippen LogP contribution in [0.3, 0.4) is 0 Å². The highest BCUT2D eigenvalue weighted by molar-refractivity contribution is 6.34. The standard InChI is InChI=1S/C13H10ClNO/c14-9-5-1-3-7-11(9)12-8(13(7)15)4-2-6-10(12)16/h1-6,13,16H,15H2. The van der Waals surface area contributed by atoms with Gasteiger partial charge in [0, 0.05) is 16.1 Å². The summed E-state index contributed by atoms with van der Waals surface area (Å²) in [4.78, 5) is 0. The van der Waals surface area contributed by atoms with Crippen molar-refractivity contribution in [3.63, 3.8) is 0 Å². The lowest BCUT2D eigenvalue weighted by Gasteiger charge is -2.05. The topological polar surface area (TPSA) is 46.2 Å². The van der Waals surface area contributed by atoms with E-state index in [4.69, 9.17) is 17.3 Å². The van der Waals surface area contributed by atoms with Gasteiger partial charge in [0.25, 0.3) is 0 Å². The highest BCUT2D eigenvalue weighted by Gasteiger charge is 2.29. The summed E-state index contributed by atoms with van der Waals surface area (Å²) < 4.78 is 0. The smallest absolute Gasteiger partial charge is 0.123 e. The second-order valence-electron chi connectivity index (χ2n) is 3.92. The number of aromatic hydroxyl groups is 1. The van der Waals surface area contributed by atoms with E-state index in [1.807, 2.05) is 24.3 Å². The first-order valence-corrected chi connectivity index (χ1v) is 5.44. The molecule has 0 aliphatic heterocycles. The van der Waals surface area contributed by atoms with Crippen molar-refractivity contribution in [1.82, 2.24) is 0 Å². The van der Waals surface area contributed by atoms with E-state index in [1.54, 1.807) is 12.1 Å². The van der Waals surface area contributed by atoms with Crippen LogP contribution >= 0.6 is 11.6 Å². The summed E-state index contributed by atoms with van der Waals surface area (Å²) in [6, 6.07) is 10.8. The van der Waals surface area contributed by atoms with Crippen LogP contribution in [0.5, 0.6) is 5.75 Å². The molecule has 0 aromatic heterocycles. The van der Waals surface area contributed by atoms with E-state index in [0.29, 0.717) is 5.02 Å². The van der Waals surface area contributed by atoms with Crippen LogP contribution in [0, 0.1) is 0 Å². The third kappa shape index (κ3) is 1.11. The van der Waals surface area contributed by atoms with Gasteiger partial charge in [-0.25, -0.2) is 0 Å². The predicted octanol–water partition coefficient (Wildman–Crippen LogP) is 3.07. The average Bonchev–Trinajstić information content (AvgIpc) is 2.56. The molecule has 0 amide bonds. The number of halogens is 1. The molecule has 0 bridgehead atoms. The number of rotatable bonds is 0. The third-order valence-corrected chi connectivity index (χ3v) is 3.36. The Bertz CT molecular complexity index is 529. The number of nitrogens with two attached hydrogens (primary N) is 1. The Morgan fingerprint density at radius 2 is 1.62 bits per heavy atom. The molecule has 1 aliphatic rings. The van der Waals surface area contributed by atoms with Crippen LogP contribution in [0.2, 0.25) is 5.02 Å². The first-order valence-electron chi connectivity index (χ1n) is 5.06. The van der Waals surface area contributed by atoms with Crippen LogP contribution in [0.1, 0.15) is 17.2 Å². The van der Waals surface area contributed by atoms with Crippen LogP contribution in [-0.2, 0) is 0 Å². The Morgan fingerprint density at radius 3 is 2.38 bits per heavy atom. The lowest BCUT2D eigenvalue weighted by Crippen LogP contribution is -2.07. The quantitative estimate of drug-likeness (QED) is 0.732. The van der Waals surface area contributed by atoms with E-state index in [2.05, 4.69) is 0 Å². The second kappa shape index (κ2) is 3.24. The van der Waals surface area contributed by atoms with Crippen molar-refractivity contribution in [3.8, 4) is 16.9 Å². The summed E-state index contributed by atoms with van der Waals surface area (Å²) in [6.45, 7) is 0. The van der Waals surface area contributed by atoms with Crippen LogP contribution < -0.4 is 5.73 Å². The summed E-state index contributed by atoms with van der Waals surface area (Å²) in [5.41, 5.74) is 9.67. The van der Waals surface area contributed by atoms with E-state index >= 15 is 0 Å². The number of hydrogen-bond donors (Lipinski definition) is 2. The number of hydrogen-bond acceptors (Lipinski definition) is 2. The molecule has 1 aliphatic carbocycles. The van der Waals surface area contributed by atoms with Gasteiger partial charge < -0.3 is 10.8 Å². The van der Waals surface area contributed by atoms with Gasteiger partial charge in [0.1, 0.15) is 5.75 Å². The molecular weight excluding hydrogens is 222 g/mol. The Labute approximate surface area is 98.3 Å². The van der Waals surface area contributed by atoms with Gasteiger partial charge in [-0.15, -0.1) is 0 Å². The number of fused-ring (bicyclic) bond motifs is 3. The molecule has 0 spiro atoms. The van der Waals surface area contributed by atoms with E-state index in [1.165, 1.54) is 0 Å². The molecule has 0 fully saturated rings. The molecule has 2 aromatic carbocycles. The Morgan fingerprint density at radius 1 is 1.00 bits per heavy atom. The fourth-order valence-corrected chi connectivity index (χ4v) is 2.60. The maximum absolute atomic E-state index is 9.91. The summed E-state index contributed by atoms with van der Waals surface area (Å²) in [7, 11) is 0. The Hall–Kier alpha value is -1.51. The zero-order valence-electron chi connectivity index (χ0n) is 8.44. The monoisotopic (exact) mass is 231 g/mol. The third-order valence-electron chi connectivity index (χ3n) is 3.04. The van der Waals surface area contributed by atoms with Crippen molar-refractivity contribution >= 4 is 11.6 Å². The largest absolute Gasteiger partial charge is 0.507 e. The van der Waals surface area contributed by atoms with E-state index in [-0.39, 0.29) is 11.8 Å². The van der Waals surface area contributed by atoms with E-state index in [0.717, 1.165) is 22.3 Å². The minimum atomic E-state index is -0.198. The number of phenols is 1. The van der Waals surface area contributed by atoms with Gasteiger partial charge in [-0.3, -0.25) is 0 Å². The molecule has 0 radical (unpaired) electrons. The number of phenolic OH excluding ortho intramolecular Hbond substituents is 1. The molecule has 1 atom stereocenters. The minimum absolute atomic E-state index is 0.198. The maximum atomic E-state index is 9.91. The molecule has 16 heavy (non-hydrogen) atoms. The molecule has 0 saturated heterocycles. The fourth-order valence-electron chi connectivity index (χ4n) is 2.32. The summed E-state index contributed by atoms with van der Waals surface area (Å²) in [5, 5.41) is 10.5. The molecule has 80 valence electrons. The SMILES string of the molecule is NC1c2cccc(O)c2-c2c(Cl)cccc21. The van der Waals surface area contributed by atoms with Crippen LogP contribution in [-0.4, -0.2) is 5.11 Å². The fraction of sp³-hybridized carbons (Fsp3) is 0.0769. The second-order valence-corrected chi connectivity index (χ2v) is 4.33. The van der Waals surface area contributed by atoms with Gasteiger partial charge in [0.05, 0.1) is 6.04 Å². The lowest BCUT2D eigenvalue weighted by atomic mass is 10.0. The lowest BCUT2D eigenvalue weighted by molar-refractivity contribution is 0.477. The zero-order chi connectivity index (χ0) is 11.3. The van der Waals surface area contributed by atoms with Gasteiger partial charge in [0.2, 0.25) is 0 Å². The van der Waals surface area contributed by atoms with Crippen molar-refractivity contribution < 1.29 is 5.11 Å². The van der Waals surface area contributed by atoms with Crippen LogP contribution in [0.25, 0.3) is 11.1 Å². The van der Waals surface area contributed by atoms with Gasteiger partial charge in [-0.1, -0.05) is 35.9 Å². The molecule has 1 unspecified atom stereocenters. The molecule has 0 saturated carbocycles. The molecule has 2 aromatic rings. The minimum Gasteiger partial charge on any atom is -0.507 e. The molecule has 3 rings (SSSR count). The van der Waals surface area contributed by atoms with E-state index in [9.17, 15) is 5.11 Å². The first kappa shape index (κ1) is 9.70. The van der Waals surface area contributed by atoms with Crippen LogP contribution in [0.4, 0.5) is 0 Å². The summed E-state index contributed by atoms with van der Waals surface area (Å²) >= 11 is 6.17. The highest BCUT2D eigenvalue weighted by Crippen LogP contribution is 2.49. The molecule has 0 heterocycles. The van der Waals surface area contributed by atoms with Crippen molar-refractivity contribution in [2.45, 2.75) is 6.04 Å². The summed E-state index contributed by atoms with van der Waals surface area (Å²) in [5.74, 6) is 0.236. The maximum Gasteiger partial charge on any atom is 0.123 e. The van der Waals surface area contributed by atoms with Crippen molar-refractivity contribution in [2.75, 3.05) is 0 Å². The average molecular weight is 232 g/mol. The highest BCUT2D eigenvalue weighted by atomic mass is 35.5. The van der Waals surface area contributed by atoms with E-state index < -0.39 is 0 Å². The van der Waals surface area contributed by atoms with Crippen molar-refractivity contribution in [2.24, 2.45) is 5.73 Å². The van der Waals surface area contributed by atoms with Crippen LogP contribution in [0.15, 0.2) is 36.4 Å². The Kier molecular flexibility index (Phi) is 1.96.